The maximum atomic E-state index is 13.2. The predicted octanol–water partition coefficient (Wildman–Crippen LogP) is 2.82. The maximum Gasteiger partial charge on any atom is 0.416 e. The Labute approximate surface area is 101 Å². The fourth-order valence-electron chi connectivity index (χ4n) is 1.22. The summed E-state index contributed by atoms with van der Waals surface area (Å²) in [7, 11) is 0. The van der Waals surface area contributed by atoms with E-state index in [2.05, 4.69) is 10.1 Å². The number of carbonyl (C=O) groups excluding carboxylic acids is 1. The number of ether oxygens (including phenoxy) is 1. The molecule has 1 aromatic rings. The topological polar surface area (TPSA) is 38.3 Å². The number of alkyl halides is 3. The first-order chi connectivity index (χ1) is 8.34. The summed E-state index contributed by atoms with van der Waals surface area (Å²) in [6.07, 6.45) is -4.56. The number of carbonyl (C=O) groups is 1. The molecule has 0 radical (unpaired) electrons. The third kappa shape index (κ3) is 3.90. The van der Waals surface area contributed by atoms with Crippen molar-refractivity contribution in [3.05, 3.63) is 29.6 Å². The van der Waals surface area contributed by atoms with Gasteiger partial charge >= 0.3 is 12.1 Å². The lowest BCUT2D eigenvalue weighted by molar-refractivity contribution is -0.141. The number of benzene rings is 1. The second-order valence-electron chi connectivity index (χ2n) is 3.35. The van der Waals surface area contributed by atoms with Gasteiger partial charge < -0.3 is 10.1 Å². The minimum atomic E-state index is -4.56. The van der Waals surface area contributed by atoms with E-state index < -0.39 is 35.8 Å². The molecule has 0 amide bonds. The highest BCUT2D eigenvalue weighted by Crippen LogP contribution is 2.31. The van der Waals surface area contributed by atoms with Gasteiger partial charge in [0.05, 0.1) is 17.9 Å². The van der Waals surface area contributed by atoms with E-state index >= 15 is 0 Å². The van der Waals surface area contributed by atoms with Crippen LogP contribution in [0.25, 0.3) is 0 Å². The molecule has 0 unspecified atom stereocenters. The number of esters is 1. The Balaban J connectivity index is 2.79. The molecule has 18 heavy (non-hydrogen) atoms. The van der Waals surface area contributed by atoms with Gasteiger partial charge in [-0.3, -0.25) is 4.79 Å². The van der Waals surface area contributed by atoms with Crippen LogP contribution in [0.15, 0.2) is 18.2 Å². The molecule has 0 spiro atoms. The lowest BCUT2D eigenvalue weighted by atomic mass is 10.2. The Morgan fingerprint density at radius 3 is 2.61 bits per heavy atom. The average molecular weight is 265 g/mol. The van der Waals surface area contributed by atoms with Gasteiger partial charge in [0, 0.05) is 0 Å². The molecule has 0 heterocycles. The van der Waals surface area contributed by atoms with Crippen molar-refractivity contribution in [1.29, 1.82) is 0 Å². The van der Waals surface area contributed by atoms with Gasteiger partial charge in [0.1, 0.15) is 12.4 Å². The van der Waals surface area contributed by atoms with Crippen LogP contribution >= 0.6 is 0 Å². The Kier molecular flexibility index (Phi) is 4.52. The molecule has 0 saturated heterocycles. The Bertz CT molecular complexity index is 432. The summed E-state index contributed by atoms with van der Waals surface area (Å²) in [5.74, 6) is -1.54. The van der Waals surface area contributed by atoms with Crippen LogP contribution in [-0.2, 0) is 15.7 Å². The van der Waals surface area contributed by atoms with Gasteiger partial charge in [0.2, 0.25) is 0 Å². The Morgan fingerprint density at radius 2 is 2.06 bits per heavy atom. The summed E-state index contributed by atoms with van der Waals surface area (Å²) < 4.78 is 54.9. The van der Waals surface area contributed by atoms with Crippen LogP contribution in [0.5, 0.6) is 0 Å². The first-order valence-corrected chi connectivity index (χ1v) is 5.11. The van der Waals surface area contributed by atoms with Crippen molar-refractivity contribution < 1.29 is 27.1 Å². The van der Waals surface area contributed by atoms with E-state index in [-0.39, 0.29) is 6.61 Å². The van der Waals surface area contributed by atoms with Gasteiger partial charge in [-0.15, -0.1) is 0 Å². The SMILES string of the molecule is CCOC(=O)CNc1cc(C(F)(F)F)ccc1F. The van der Waals surface area contributed by atoms with Crippen LogP contribution in [0.2, 0.25) is 0 Å². The average Bonchev–Trinajstić information content (AvgIpc) is 2.26. The summed E-state index contributed by atoms with van der Waals surface area (Å²) in [6, 6.07) is 1.93. The first-order valence-electron chi connectivity index (χ1n) is 5.11. The molecule has 1 N–H and O–H groups in total. The van der Waals surface area contributed by atoms with E-state index in [1.54, 1.807) is 6.92 Å². The molecule has 0 saturated carbocycles. The first kappa shape index (κ1) is 14.3. The van der Waals surface area contributed by atoms with E-state index in [4.69, 9.17) is 0 Å². The van der Waals surface area contributed by atoms with Gasteiger partial charge in [-0.2, -0.15) is 13.2 Å². The quantitative estimate of drug-likeness (QED) is 0.672. The minimum Gasteiger partial charge on any atom is -0.465 e. The number of nitrogens with one attached hydrogen (secondary N) is 1. The highest BCUT2D eigenvalue weighted by molar-refractivity contribution is 5.75. The molecular weight excluding hydrogens is 254 g/mol. The van der Waals surface area contributed by atoms with Crippen molar-refractivity contribution in [2.75, 3.05) is 18.5 Å². The van der Waals surface area contributed by atoms with Crippen molar-refractivity contribution in [3.63, 3.8) is 0 Å². The zero-order valence-corrected chi connectivity index (χ0v) is 9.47. The highest BCUT2D eigenvalue weighted by atomic mass is 19.4. The van der Waals surface area contributed by atoms with Gasteiger partial charge in [-0.05, 0) is 25.1 Å². The van der Waals surface area contributed by atoms with Crippen molar-refractivity contribution in [2.45, 2.75) is 13.1 Å². The zero-order valence-electron chi connectivity index (χ0n) is 9.47. The molecule has 1 aromatic carbocycles. The summed E-state index contributed by atoms with van der Waals surface area (Å²) in [5.41, 5.74) is -1.38. The molecule has 0 atom stereocenters. The molecule has 100 valence electrons. The molecule has 0 fully saturated rings. The van der Waals surface area contributed by atoms with Crippen LogP contribution in [0.1, 0.15) is 12.5 Å². The third-order valence-electron chi connectivity index (χ3n) is 2.02. The molecule has 3 nitrogen and oxygen atoms in total. The van der Waals surface area contributed by atoms with Gasteiger partial charge in [0.25, 0.3) is 0 Å². The summed E-state index contributed by atoms with van der Waals surface area (Å²) in [5, 5.41) is 2.26. The van der Waals surface area contributed by atoms with Gasteiger partial charge in [-0.25, -0.2) is 4.39 Å². The van der Waals surface area contributed by atoms with E-state index in [0.717, 1.165) is 0 Å². The molecule has 0 bridgehead atoms. The van der Waals surface area contributed by atoms with Gasteiger partial charge in [0.15, 0.2) is 0 Å². The number of anilines is 1. The number of hydrogen-bond acceptors (Lipinski definition) is 3. The van der Waals surface area contributed by atoms with Crippen LogP contribution in [0.3, 0.4) is 0 Å². The molecule has 0 aliphatic heterocycles. The van der Waals surface area contributed by atoms with Crippen LogP contribution in [0, 0.1) is 5.82 Å². The number of halogens is 4. The third-order valence-corrected chi connectivity index (χ3v) is 2.02. The molecule has 0 aliphatic rings. The Hall–Kier alpha value is -1.79. The second-order valence-corrected chi connectivity index (χ2v) is 3.35. The maximum absolute atomic E-state index is 13.2. The van der Waals surface area contributed by atoms with E-state index in [1.165, 1.54) is 0 Å². The molecule has 0 aliphatic carbocycles. The molecular formula is C11H11F4NO2. The van der Waals surface area contributed by atoms with Crippen LogP contribution in [-0.4, -0.2) is 19.1 Å². The zero-order chi connectivity index (χ0) is 13.8. The van der Waals surface area contributed by atoms with Gasteiger partial charge in [-0.1, -0.05) is 0 Å². The summed E-state index contributed by atoms with van der Waals surface area (Å²) in [6.45, 7) is 1.33. The normalized spacial score (nSPS) is 11.2. The largest absolute Gasteiger partial charge is 0.465 e. The number of rotatable bonds is 4. The van der Waals surface area contributed by atoms with Crippen molar-refractivity contribution in [2.24, 2.45) is 0 Å². The van der Waals surface area contributed by atoms with Crippen LogP contribution < -0.4 is 5.32 Å². The van der Waals surface area contributed by atoms with Crippen molar-refractivity contribution >= 4 is 11.7 Å². The Morgan fingerprint density at radius 1 is 1.39 bits per heavy atom. The smallest absolute Gasteiger partial charge is 0.416 e. The second kappa shape index (κ2) is 5.70. The highest BCUT2D eigenvalue weighted by Gasteiger charge is 2.31. The summed E-state index contributed by atoms with van der Waals surface area (Å²) >= 11 is 0. The molecule has 1 rings (SSSR count). The lowest BCUT2D eigenvalue weighted by Gasteiger charge is -2.11. The fourth-order valence-corrected chi connectivity index (χ4v) is 1.22. The fraction of sp³-hybridized carbons (Fsp3) is 0.364. The van der Waals surface area contributed by atoms with E-state index in [0.29, 0.717) is 18.2 Å². The van der Waals surface area contributed by atoms with Crippen molar-refractivity contribution in [3.8, 4) is 0 Å². The molecule has 0 aromatic heterocycles. The van der Waals surface area contributed by atoms with E-state index in [9.17, 15) is 22.4 Å². The monoisotopic (exact) mass is 265 g/mol. The standard InChI is InChI=1S/C11H11F4NO2/c1-2-18-10(17)6-16-9-5-7(11(13,14)15)3-4-8(9)12/h3-5,16H,2,6H2,1H3. The minimum absolute atomic E-state index is 0.144. The predicted molar refractivity (Wildman–Crippen MR) is 56.5 cm³/mol. The van der Waals surface area contributed by atoms with Crippen molar-refractivity contribution in [1.82, 2.24) is 0 Å². The van der Waals surface area contributed by atoms with E-state index in [1.807, 2.05) is 0 Å². The number of hydrogen-bond donors (Lipinski definition) is 1. The van der Waals surface area contributed by atoms with Crippen LogP contribution in [0.4, 0.5) is 23.2 Å². The molecule has 7 heteroatoms. The lowest BCUT2D eigenvalue weighted by Crippen LogP contribution is -2.17. The summed E-state index contributed by atoms with van der Waals surface area (Å²) in [4.78, 5) is 11.0.